The number of rotatable bonds is 3. The van der Waals surface area contributed by atoms with E-state index >= 15 is 0 Å². The maximum Gasteiger partial charge on any atom is 0.164 e. The van der Waals surface area contributed by atoms with E-state index in [2.05, 4.69) is 31.0 Å². The first kappa shape index (κ1) is 17.1. The van der Waals surface area contributed by atoms with Crippen LogP contribution in [-0.4, -0.2) is 30.1 Å². The SMILES string of the molecule is CC(=O)c1ccc(-n2cnc3cc(Br)cnc32)cc1-n1nc(C#N)cc1C. The van der Waals surface area contributed by atoms with Crippen LogP contribution in [0, 0.1) is 18.3 Å². The highest BCUT2D eigenvalue weighted by molar-refractivity contribution is 9.10. The van der Waals surface area contributed by atoms with E-state index < -0.39 is 0 Å². The zero-order valence-corrected chi connectivity index (χ0v) is 16.1. The molecule has 0 atom stereocenters. The maximum atomic E-state index is 12.1. The van der Waals surface area contributed by atoms with Gasteiger partial charge in [-0.1, -0.05) is 0 Å². The van der Waals surface area contributed by atoms with Crippen LogP contribution in [0.5, 0.6) is 0 Å². The molecule has 0 saturated carbocycles. The van der Waals surface area contributed by atoms with E-state index in [0.29, 0.717) is 22.6 Å². The Morgan fingerprint density at radius 1 is 1.22 bits per heavy atom. The van der Waals surface area contributed by atoms with E-state index in [1.807, 2.05) is 35.8 Å². The predicted molar refractivity (Wildman–Crippen MR) is 103 cm³/mol. The molecule has 0 aliphatic carbocycles. The monoisotopic (exact) mass is 420 g/mol. The first-order valence-corrected chi connectivity index (χ1v) is 8.88. The Morgan fingerprint density at radius 3 is 2.74 bits per heavy atom. The number of aromatic nitrogens is 5. The van der Waals surface area contributed by atoms with Crippen LogP contribution in [0.4, 0.5) is 0 Å². The number of hydrogen-bond donors (Lipinski definition) is 0. The Hall–Kier alpha value is -3.31. The normalized spacial score (nSPS) is 10.9. The lowest BCUT2D eigenvalue weighted by atomic mass is 10.1. The van der Waals surface area contributed by atoms with Crippen LogP contribution in [0.15, 0.2) is 47.3 Å². The van der Waals surface area contributed by atoms with Crippen LogP contribution in [0.3, 0.4) is 0 Å². The van der Waals surface area contributed by atoms with Gasteiger partial charge < -0.3 is 0 Å². The summed E-state index contributed by atoms with van der Waals surface area (Å²) in [5.74, 6) is -0.0810. The zero-order chi connectivity index (χ0) is 19.1. The minimum absolute atomic E-state index is 0.0810. The molecule has 0 fully saturated rings. The van der Waals surface area contributed by atoms with Crippen molar-refractivity contribution in [1.82, 2.24) is 24.3 Å². The molecule has 7 nitrogen and oxygen atoms in total. The molecule has 0 bridgehead atoms. The molecular formula is C19H13BrN6O. The van der Waals surface area contributed by atoms with Crippen molar-refractivity contribution in [1.29, 1.82) is 5.26 Å². The van der Waals surface area contributed by atoms with Crippen molar-refractivity contribution in [2.45, 2.75) is 13.8 Å². The molecule has 4 aromatic rings. The molecule has 3 heterocycles. The second-order valence-electron chi connectivity index (χ2n) is 6.06. The Balaban J connectivity index is 1.94. The van der Waals surface area contributed by atoms with Gasteiger partial charge in [-0.2, -0.15) is 10.4 Å². The first-order valence-electron chi connectivity index (χ1n) is 8.09. The summed E-state index contributed by atoms with van der Waals surface area (Å²) in [6.45, 7) is 3.35. The molecule has 0 saturated heterocycles. The molecule has 132 valence electrons. The van der Waals surface area contributed by atoms with Crippen molar-refractivity contribution in [2.24, 2.45) is 0 Å². The summed E-state index contributed by atoms with van der Waals surface area (Å²) >= 11 is 3.40. The molecule has 27 heavy (non-hydrogen) atoms. The van der Waals surface area contributed by atoms with E-state index in [4.69, 9.17) is 5.26 Å². The summed E-state index contributed by atoms with van der Waals surface area (Å²) in [5, 5.41) is 13.4. The van der Waals surface area contributed by atoms with Gasteiger partial charge in [-0.25, -0.2) is 14.6 Å². The average Bonchev–Trinajstić information content (AvgIpc) is 3.23. The molecule has 0 amide bonds. The maximum absolute atomic E-state index is 12.1. The highest BCUT2D eigenvalue weighted by atomic mass is 79.9. The summed E-state index contributed by atoms with van der Waals surface area (Å²) in [7, 11) is 0. The van der Waals surface area contributed by atoms with Gasteiger partial charge in [0.25, 0.3) is 0 Å². The second kappa shape index (κ2) is 6.45. The summed E-state index contributed by atoms with van der Waals surface area (Å²) in [5.41, 5.74) is 4.45. The number of benzene rings is 1. The molecule has 8 heteroatoms. The molecule has 3 aromatic heterocycles. The number of nitriles is 1. The molecule has 0 aliphatic heterocycles. The number of carbonyl (C=O) groups is 1. The van der Waals surface area contributed by atoms with Gasteiger partial charge in [0.1, 0.15) is 17.9 Å². The molecular weight excluding hydrogens is 408 g/mol. The molecule has 0 unspecified atom stereocenters. The van der Waals surface area contributed by atoms with Gasteiger partial charge >= 0.3 is 0 Å². The van der Waals surface area contributed by atoms with E-state index in [1.54, 1.807) is 29.3 Å². The molecule has 0 aliphatic rings. The van der Waals surface area contributed by atoms with Crippen molar-refractivity contribution < 1.29 is 4.79 Å². The molecule has 1 aromatic carbocycles. The quantitative estimate of drug-likeness (QED) is 0.470. The standard InChI is InChI=1S/C19H13BrN6O/c1-11-5-14(8-21)24-26(11)18-7-15(3-4-16(18)12(2)27)25-10-23-17-6-13(20)9-22-19(17)25/h3-7,9-10H,1-2H3. The molecule has 0 spiro atoms. The van der Waals surface area contributed by atoms with Gasteiger partial charge in [0, 0.05) is 21.9 Å². The fraction of sp³-hybridized carbons (Fsp3) is 0.105. The Kier molecular flexibility index (Phi) is 4.09. The molecule has 4 rings (SSSR count). The van der Waals surface area contributed by atoms with Gasteiger partial charge in [-0.15, -0.1) is 0 Å². The summed E-state index contributed by atoms with van der Waals surface area (Å²) in [6.07, 6.45) is 3.40. The van der Waals surface area contributed by atoms with Crippen molar-refractivity contribution in [3.63, 3.8) is 0 Å². The number of imidazole rings is 1. The second-order valence-corrected chi connectivity index (χ2v) is 6.98. The van der Waals surface area contributed by atoms with E-state index in [1.165, 1.54) is 6.92 Å². The van der Waals surface area contributed by atoms with Gasteiger partial charge in [0.05, 0.1) is 11.4 Å². The summed E-state index contributed by atoms with van der Waals surface area (Å²) in [6, 6.07) is 11.1. The largest absolute Gasteiger partial charge is 0.294 e. The van der Waals surface area contributed by atoms with E-state index in [9.17, 15) is 4.79 Å². The number of aryl methyl sites for hydroxylation is 1. The van der Waals surface area contributed by atoms with Crippen LogP contribution in [-0.2, 0) is 0 Å². The van der Waals surface area contributed by atoms with Crippen molar-refractivity contribution in [3.8, 4) is 17.4 Å². The minimum Gasteiger partial charge on any atom is -0.294 e. The number of carbonyl (C=O) groups excluding carboxylic acids is 1. The number of ketones is 1. The van der Waals surface area contributed by atoms with Crippen molar-refractivity contribution in [2.75, 3.05) is 0 Å². The molecule has 0 radical (unpaired) electrons. The number of halogens is 1. The predicted octanol–water partition coefficient (Wildman–Crippen LogP) is 3.75. The Labute approximate surface area is 163 Å². The van der Waals surface area contributed by atoms with Crippen molar-refractivity contribution >= 4 is 32.9 Å². The van der Waals surface area contributed by atoms with E-state index in [-0.39, 0.29) is 5.78 Å². The third-order valence-corrected chi connectivity index (χ3v) is 4.66. The lowest BCUT2D eigenvalue weighted by Gasteiger charge is -2.12. The first-order chi connectivity index (χ1) is 13.0. The van der Waals surface area contributed by atoms with Crippen LogP contribution in [0.25, 0.3) is 22.5 Å². The average molecular weight is 421 g/mol. The molecule has 0 N–H and O–H groups in total. The van der Waals surface area contributed by atoms with Gasteiger partial charge in [-0.3, -0.25) is 9.36 Å². The topological polar surface area (TPSA) is 89.4 Å². The lowest BCUT2D eigenvalue weighted by molar-refractivity contribution is 0.101. The Morgan fingerprint density at radius 2 is 2.04 bits per heavy atom. The third kappa shape index (κ3) is 2.92. The Bertz CT molecular complexity index is 1250. The third-order valence-electron chi connectivity index (χ3n) is 4.22. The number of fused-ring (bicyclic) bond motifs is 1. The number of Topliss-reactive ketones (excluding diaryl/α,β-unsaturated/α-hetero) is 1. The minimum atomic E-state index is -0.0810. The van der Waals surface area contributed by atoms with Gasteiger partial charge in [-0.05, 0) is 60.1 Å². The lowest BCUT2D eigenvalue weighted by Crippen LogP contribution is -2.08. The van der Waals surface area contributed by atoms with Crippen molar-refractivity contribution in [3.05, 3.63) is 64.3 Å². The van der Waals surface area contributed by atoms with Crippen LogP contribution >= 0.6 is 15.9 Å². The van der Waals surface area contributed by atoms with Crippen LogP contribution < -0.4 is 0 Å². The number of hydrogen-bond acceptors (Lipinski definition) is 5. The number of pyridine rings is 1. The van der Waals surface area contributed by atoms with Crippen LogP contribution in [0.2, 0.25) is 0 Å². The summed E-state index contributed by atoms with van der Waals surface area (Å²) in [4.78, 5) is 21.0. The van der Waals surface area contributed by atoms with Gasteiger partial charge in [0.2, 0.25) is 0 Å². The van der Waals surface area contributed by atoms with Crippen LogP contribution in [0.1, 0.15) is 28.7 Å². The zero-order valence-electron chi connectivity index (χ0n) is 14.5. The van der Waals surface area contributed by atoms with E-state index in [0.717, 1.165) is 21.4 Å². The van der Waals surface area contributed by atoms with Gasteiger partial charge in [0.15, 0.2) is 17.1 Å². The smallest absolute Gasteiger partial charge is 0.164 e. The number of nitrogens with zero attached hydrogens (tertiary/aromatic N) is 6. The fourth-order valence-corrected chi connectivity index (χ4v) is 3.30. The highest BCUT2D eigenvalue weighted by Crippen LogP contribution is 2.24. The fourth-order valence-electron chi connectivity index (χ4n) is 2.98. The highest BCUT2D eigenvalue weighted by Gasteiger charge is 2.16. The summed E-state index contributed by atoms with van der Waals surface area (Å²) < 4.78 is 4.31.